The molecule has 2 rings (SSSR count). The minimum Gasteiger partial charge on any atom is -0.219 e. The average molecular weight is 437 g/mol. The first-order valence-electron chi connectivity index (χ1n) is 5.20. The first-order chi connectivity index (χ1) is 8.53. The molecule has 0 saturated carbocycles. The zero-order chi connectivity index (χ0) is 13.2. The Kier molecular flexibility index (Phi) is 4.45. The molecule has 0 aliphatic rings. The minimum absolute atomic E-state index is 0.0372. The molecule has 1 atom stereocenters. The van der Waals surface area contributed by atoms with Crippen molar-refractivity contribution in [3.63, 3.8) is 0 Å². The van der Waals surface area contributed by atoms with Gasteiger partial charge in [0.05, 0.1) is 12.6 Å². The molecule has 0 amide bonds. The van der Waals surface area contributed by atoms with E-state index >= 15 is 0 Å². The van der Waals surface area contributed by atoms with Crippen LogP contribution in [0.2, 0.25) is 0 Å². The SMILES string of the molecule is O=S(=O)(c1ccccc1)c1ccccc1C(Br)I. The number of alkyl halides is 2. The molecule has 0 radical (unpaired) electrons. The highest BCUT2D eigenvalue weighted by molar-refractivity contribution is 14.1. The molecule has 0 fully saturated rings. The van der Waals surface area contributed by atoms with E-state index in [0.29, 0.717) is 9.79 Å². The van der Waals surface area contributed by atoms with Gasteiger partial charge < -0.3 is 0 Å². The Morgan fingerprint density at radius 2 is 1.50 bits per heavy atom. The Morgan fingerprint density at radius 1 is 0.944 bits per heavy atom. The van der Waals surface area contributed by atoms with Crippen LogP contribution in [0.5, 0.6) is 0 Å². The molecular weight excluding hydrogens is 427 g/mol. The maximum atomic E-state index is 12.5. The van der Waals surface area contributed by atoms with Gasteiger partial charge in [-0.15, -0.1) is 0 Å². The molecule has 0 aliphatic carbocycles. The van der Waals surface area contributed by atoms with Gasteiger partial charge >= 0.3 is 0 Å². The first kappa shape index (κ1) is 14.0. The zero-order valence-electron chi connectivity index (χ0n) is 9.25. The van der Waals surface area contributed by atoms with Gasteiger partial charge in [0.2, 0.25) is 9.84 Å². The lowest BCUT2D eigenvalue weighted by Crippen LogP contribution is -2.05. The molecule has 0 saturated heterocycles. The largest absolute Gasteiger partial charge is 0.219 e. The van der Waals surface area contributed by atoms with Crippen LogP contribution >= 0.6 is 38.5 Å². The molecule has 0 aromatic heterocycles. The summed E-state index contributed by atoms with van der Waals surface area (Å²) in [7, 11) is -3.45. The zero-order valence-corrected chi connectivity index (χ0v) is 13.8. The van der Waals surface area contributed by atoms with E-state index in [9.17, 15) is 8.42 Å². The van der Waals surface area contributed by atoms with Crippen LogP contribution in [-0.4, -0.2) is 8.42 Å². The summed E-state index contributed by atoms with van der Waals surface area (Å²) in [5.41, 5.74) is 0.766. The Hall–Kier alpha value is -0.400. The van der Waals surface area contributed by atoms with Crippen molar-refractivity contribution in [2.75, 3.05) is 0 Å². The highest BCUT2D eigenvalue weighted by Crippen LogP contribution is 2.36. The fourth-order valence-corrected chi connectivity index (χ4v) is 4.46. The molecule has 2 aromatic carbocycles. The number of hydrogen-bond acceptors (Lipinski definition) is 2. The van der Waals surface area contributed by atoms with E-state index in [2.05, 4.69) is 38.5 Å². The fourth-order valence-electron chi connectivity index (χ4n) is 1.63. The maximum absolute atomic E-state index is 12.5. The summed E-state index contributed by atoms with van der Waals surface area (Å²) in [6.45, 7) is 0. The third kappa shape index (κ3) is 2.78. The Balaban J connectivity index is 2.63. The van der Waals surface area contributed by atoms with Gasteiger partial charge in [-0.3, -0.25) is 0 Å². The summed E-state index contributed by atoms with van der Waals surface area (Å²) in [5, 5.41) is 0. The summed E-state index contributed by atoms with van der Waals surface area (Å²) < 4.78 is 25.0. The number of sulfone groups is 1. The van der Waals surface area contributed by atoms with Crippen molar-refractivity contribution in [1.29, 1.82) is 0 Å². The second-order valence-electron chi connectivity index (χ2n) is 3.66. The molecule has 94 valence electrons. The van der Waals surface area contributed by atoms with E-state index < -0.39 is 9.84 Å². The molecular formula is C13H10BrIO2S. The molecule has 0 aliphatic heterocycles. The van der Waals surface area contributed by atoms with Crippen LogP contribution in [0.25, 0.3) is 0 Å². The van der Waals surface area contributed by atoms with E-state index in [-0.39, 0.29) is 2.83 Å². The van der Waals surface area contributed by atoms with Crippen LogP contribution in [0.4, 0.5) is 0 Å². The Labute approximate surface area is 129 Å². The molecule has 2 nitrogen and oxygen atoms in total. The van der Waals surface area contributed by atoms with Crippen LogP contribution in [0.1, 0.15) is 8.40 Å². The van der Waals surface area contributed by atoms with Crippen molar-refractivity contribution >= 4 is 48.4 Å². The molecule has 2 aromatic rings. The van der Waals surface area contributed by atoms with E-state index in [1.807, 2.05) is 12.1 Å². The number of benzene rings is 2. The first-order valence-corrected chi connectivity index (χ1v) is 8.85. The molecule has 1 unspecified atom stereocenters. The van der Waals surface area contributed by atoms with Crippen molar-refractivity contribution < 1.29 is 8.42 Å². The number of hydrogen-bond donors (Lipinski definition) is 0. The summed E-state index contributed by atoms with van der Waals surface area (Å²) in [6, 6.07) is 15.5. The fraction of sp³-hybridized carbons (Fsp3) is 0.0769. The topological polar surface area (TPSA) is 34.1 Å². The summed E-state index contributed by atoms with van der Waals surface area (Å²) >= 11 is 5.57. The standard InChI is InChI=1S/C13H10BrIO2S/c14-13(15)11-8-4-5-9-12(11)18(16,17)10-6-2-1-3-7-10/h1-9,13H. The molecule has 0 N–H and O–H groups in total. The lowest BCUT2D eigenvalue weighted by atomic mass is 10.2. The van der Waals surface area contributed by atoms with Crippen molar-refractivity contribution in [1.82, 2.24) is 0 Å². The minimum atomic E-state index is -3.45. The van der Waals surface area contributed by atoms with Crippen LogP contribution in [0.15, 0.2) is 64.4 Å². The van der Waals surface area contributed by atoms with Gasteiger partial charge in [0.25, 0.3) is 0 Å². The van der Waals surface area contributed by atoms with Crippen molar-refractivity contribution in [3.8, 4) is 0 Å². The second kappa shape index (κ2) is 5.71. The molecule has 5 heteroatoms. The Morgan fingerprint density at radius 3 is 2.11 bits per heavy atom. The normalized spacial score (nSPS) is 13.2. The molecule has 0 heterocycles. The van der Waals surface area contributed by atoms with E-state index in [1.165, 1.54) is 0 Å². The van der Waals surface area contributed by atoms with Gasteiger partial charge in [-0.2, -0.15) is 0 Å². The van der Waals surface area contributed by atoms with E-state index in [1.54, 1.807) is 42.5 Å². The predicted molar refractivity (Wildman–Crippen MR) is 84.0 cm³/mol. The Bertz CT molecular complexity index is 639. The second-order valence-corrected chi connectivity index (χ2v) is 9.45. The lowest BCUT2D eigenvalue weighted by molar-refractivity contribution is 0.595. The van der Waals surface area contributed by atoms with Crippen molar-refractivity contribution in [2.45, 2.75) is 12.6 Å². The number of halogens is 2. The third-order valence-corrected chi connectivity index (χ3v) is 5.50. The number of rotatable bonds is 3. The predicted octanol–water partition coefficient (Wildman–Crippen LogP) is 4.35. The van der Waals surface area contributed by atoms with E-state index in [0.717, 1.165) is 5.56 Å². The van der Waals surface area contributed by atoms with Gasteiger partial charge in [-0.05, 0) is 23.8 Å². The summed E-state index contributed by atoms with van der Waals surface area (Å²) in [4.78, 5) is 0.675. The highest BCUT2D eigenvalue weighted by Gasteiger charge is 2.22. The lowest BCUT2D eigenvalue weighted by Gasteiger charge is -2.11. The molecule has 18 heavy (non-hydrogen) atoms. The smallest absolute Gasteiger partial charge is 0.206 e. The van der Waals surface area contributed by atoms with Gasteiger partial charge in [0, 0.05) is 0 Å². The van der Waals surface area contributed by atoms with Gasteiger partial charge in [0.1, 0.15) is 0 Å². The summed E-state index contributed by atoms with van der Waals surface area (Å²) in [5.74, 6) is 0. The van der Waals surface area contributed by atoms with Crippen LogP contribution in [-0.2, 0) is 9.84 Å². The van der Waals surface area contributed by atoms with Crippen LogP contribution < -0.4 is 0 Å². The van der Waals surface area contributed by atoms with Crippen LogP contribution in [0, 0.1) is 0 Å². The maximum Gasteiger partial charge on any atom is 0.206 e. The van der Waals surface area contributed by atoms with Gasteiger partial charge in [0.15, 0.2) is 0 Å². The monoisotopic (exact) mass is 436 g/mol. The van der Waals surface area contributed by atoms with Gasteiger partial charge in [-0.1, -0.05) is 74.9 Å². The molecule has 0 bridgehead atoms. The quantitative estimate of drug-likeness (QED) is 0.529. The van der Waals surface area contributed by atoms with E-state index in [4.69, 9.17) is 0 Å². The van der Waals surface area contributed by atoms with Crippen LogP contribution in [0.3, 0.4) is 0 Å². The van der Waals surface area contributed by atoms with Crippen molar-refractivity contribution in [3.05, 3.63) is 60.2 Å². The van der Waals surface area contributed by atoms with Crippen molar-refractivity contribution in [2.24, 2.45) is 0 Å². The molecule has 0 spiro atoms. The summed E-state index contributed by atoms with van der Waals surface area (Å²) in [6.07, 6.45) is 0. The third-order valence-electron chi connectivity index (χ3n) is 2.50. The van der Waals surface area contributed by atoms with Gasteiger partial charge in [-0.25, -0.2) is 8.42 Å². The average Bonchev–Trinajstić information content (AvgIpc) is 2.39. The highest BCUT2D eigenvalue weighted by atomic mass is 127.